The summed E-state index contributed by atoms with van der Waals surface area (Å²) in [6.45, 7) is 10.6. The van der Waals surface area contributed by atoms with Crippen LogP contribution in [0.1, 0.15) is 33.6 Å². The van der Waals surface area contributed by atoms with E-state index in [4.69, 9.17) is 0 Å². The molecule has 0 aromatic heterocycles. The fourth-order valence-electron chi connectivity index (χ4n) is 1.20. The van der Waals surface area contributed by atoms with Crippen molar-refractivity contribution in [3.63, 3.8) is 0 Å². The molecule has 74 valence electrons. The third-order valence-corrected chi connectivity index (χ3v) is 1.77. The molecule has 1 aliphatic heterocycles. The quantitative estimate of drug-likeness (QED) is 0.659. The van der Waals surface area contributed by atoms with Crippen molar-refractivity contribution in [2.45, 2.75) is 33.6 Å². The van der Waals surface area contributed by atoms with E-state index in [9.17, 15) is 0 Å². The van der Waals surface area contributed by atoms with Gasteiger partial charge < -0.3 is 5.32 Å². The number of hydrogen-bond donors (Lipinski definition) is 1. The lowest BCUT2D eigenvalue weighted by Crippen LogP contribution is -2.22. The molecule has 0 bridgehead atoms. The van der Waals surface area contributed by atoms with Gasteiger partial charge >= 0.3 is 0 Å². The minimum atomic E-state index is 0.938. The van der Waals surface area contributed by atoms with Crippen molar-refractivity contribution in [1.29, 1.82) is 0 Å². The summed E-state index contributed by atoms with van der Waals surface area (Å²) in [5, 5.41) is 3.03. The molecule has 0 unspecified atom stereocenters. The molecule has 1 rings (SSSR count). The second kappa shape index (κ2) is 7.59. The third-order valence-electron chi connectivity index (χ3n) is 1.77. The molecule has 1 heterocycles. The van der Waals surface area contributed by atoms with Crippen LogP contribution in [0, 0.1) is 0 Å². The molecule has 0 fully saturated rings. The van der Waals surface area contributed by atoms with Gasteiger partial charge in [0.25, 0.3) is 0 Å². The van der Waals surface area contributed by atoms with Crippen LogP contribution in [0.5, 0.6) is 0 Å². The van der Waals surface area contributed by atoms with Gasteiger partial charge in [0.2, 0.25) is 0 Å². The molecule has 0 aromatic rings. The smallest absolute Gasteiger partial charge is 0.127 e. The maximum atomic E-state index is 4.34. The van der Waals surface area contributed by atoms with Gasteiger partial charge in [0, 0.05) is 6.54 Å². The minimum absolute atomic E-state index is 0.938. The maximum absolute atomic E-state index is 4.34. The van der Waals surface area contributed by atoms with E-state index < -0.39 is 0 Å². The molecule has 0 spiro atoms. The normalized spacial score (nSPS) is 18.4. The Morgan fingerprint density at radius 1 is 1.46 bits per heavy atom. The highest BCUT2D eigenvalue weighted by Gasteiger charge is 2.08. The number of rotatable bonds is 1. The topological polar surface area (TPSA) is 24.4 Å². The molecule has 0 amide bonds. The Hall–Kier alpha value is -1.05. The summed E-state index contributed by atoms with van der Waals surface area (Å²) in [5.41, 5.74) is 1.30. The van der Waals surface area contributed by atoms with E-state index in [0.717, 1.165) is 18.8 Å². The van der Waals surface area contributed by atoms with Crippen molar-refractivity contribution in [3.8, 4) is 0 Å². The van der Waals surface area contributed by atoms with Gasteiger partial charge in [-0.3, -0.25) is 4.99 Å². The van der Waals surface area contributed by atoms with Gasteiger partial charge in [0.05, 0.1) is 0 Å². The number of amidine groups is 1. The Balaban J connectivity index is 0.000000671. The number of hydrogen-bond acceptors (Lipinski definition) is 2. The molecule has 2 nitrogen and oxygen atoms in total. The van der Waals surface area contributed by atoms with Gasteiger partial charge in [-0.1, -0.05) is 26.5 Å². The van der Waals surface area contributed by atoms with Gasteiger partial charge in [0.15, 0.2) is 0 Å². The first-order valence-corrected chi connectivity index (χ1v) is 4.96. The average molecular weight is 180 g/mol. The van der Waals surface area contributed by atoms with E-state index >= 15 is 0 Å². The molecule has 0 saturated heterocycles. The van der Waals surface area contributed by atoms with E-state index in [2.05, 4.69) is 23.0 Å². The van der Waals surface area contributed by atoms with Gasteiger partial charge in [-0.2, -0.15) is 0 Å². The molecule has 0 saturated carbocycles. The van der Waals surface area contributed by atoms with Crippen LogP contribution in [-0.4, -0.2) is 12.4 Å². The summed E-state index contributed by atoms with van der Waals surface area (Å²) in [6.07, 6.45) is 6.08. The molecular weight excluding hydrogens is 160 g/mol. The highest BCUT2D eigenvalue weighted by atomic mass is 15.0. The Bertz CT molecular complexity index is 202. The maximum Gasteiger partial charge on any atom is 0.127 e. The van der Waals surface area contributed by atoms with Crippen LogP contribution in [0.4, 0.5) is 0 Å². The lowest BCUT2D eigenvalue weighted by atomic mass is 10.1. The van der Waals surface area contributed by atoms with Crippen LogP contribution >= 0.6 is 0 Å². The second-order valence-corrected chi connectivity index (χ2v) is 2.50. The molecule has 0 aliphatic carbocycles. The van der Waals surface area contributed by atoms with E-state index in [0.29, 0.717) is 0 Å². The molecule has 13 heavy (non-hydrogen) atoms. The van der Waals surface area contributed by atoms with Gasteiger partial charge in [-0.25, -0.2) is 0 Å². The van der Waals surface area contributed by atoms with Gasteiger partial charge in [-0.15, -0.1) is 0 Å². The Morgan fingerprint density at radius 2 is 2.15 bits per heavy atom. The second-order valence-electron chi connectivity index (χ2n) is 2.50. The summed E-state index contributed by atoms with van der Waals surface area (Å²) in [4.78, 5) is 4.34. The minimum Gasteiger partial charge on any atom is -0.347 e. The van der Waals surface area contributed by atoms with E-state index in [-0.39, 0.29) is 0 Å². The Morgan fingerprint density at radius 3 is 2.69 bits per heavy atom. The first-order chi connectivity index (χ1) is 6.38. The highest BCUT2D eigenvalue weighted by molar-refractivity contribution is 5.99. The van der Waals surface area contributed by atoms with Crippen LogP contribution in [0.25, 0.3) is 0 Å². The van der Waals surface area contributed by atoms with Crippen molar-refractivity contribution in [2.24, 2.45) is 4.99 Å². The van der Waals surface area contributed by atoms with Crippen molar-refractivity contribution in [3.05, 3.63) is 24.4 Å². The summed E-state index contributed by atoms with van der Waals surface area (Å²) in [6, 6.07) is 0. The summed E-state index contributed by atoms with van der Waals surface area (Å²) >= 11 is 0. The zero-order valence-electron chi connectivity index (χ0n) is 8.93. The standard InChI is InChI=1S/C9H14N2.C2H6/c1-3-8-6-5-7-11-9(8)10-4-2;1-2/h3-4H,2,5-7H2,1H3,(H,10,11);1-2H3/b8-3-;. The average Bonchev–Trinajstić information content (AvgIpc) is 2.22. The Kier molecular flexibility index (Phi) is 6.98. The third kappa shape index (κ3) is 3.92. The lowest BCUT2D eigenvalue weighted by Gasteiger charge is -2.14. The number of nitrogens with zero attached hydrogens (tertiary/aromatic N) is 1. The molecule has 0 aromatic carbocycles. The largest absolute Gasteiger partial charge is 0.347 e. The van der Waals surface area contributed by atoms with Crippen LogP contribution in [0.3, 0.4) is 0 Å². The molecule has 0 radical (unpaired) electrons. The predicted octanol–water partition coefficient (Wildman–Crippen LogP) is 2.88. The van der Waals surface area contributed by atoms with Crippen LogP contribution < -0.4 is 5.32 Å². The molecular formula is C11H20N2. The zero-order valence-corrected chi connectivity index (χ0v) is 8.93. The summed E-state index contributed by atoms with van der Waals surface area (Å²) in [5.74, 6) is 0.994. The van der Waals surface area contributed by atoms with Gasteiger partial charge in [-0.05, 0) is 31.5 Å². The highest BCUT2D eigenvalue weighted by Crippen LogP contribution is 2.11. The molecule has 0 atom stereocenters. The first kappa shape index (κ1) is 11.9. The zero-order chi connectivity index (χ0) is 10.1. The van der Waals surface area contributed by atoms with E-state index in [1.54, 1.807) is 6.20 Å². The number of allylic oxidation sites excluding steroid dienone is 1. The molecule has 2 heteroatoms. The van der Waals surface area contributed by atoms with Gasteiger partial charge in [0.1, 0.15) is 5.84 Å². The fourth-order valence-corrected chi connectivity index (χ4v) is 1.20. The predicted molar refractivity (Wildman–Crippen MR) is 60.0 cm³/mol. The van der Waals surface area contributed by atoms with Crippen molar-refractivity contribution in [2.75, 3.05) is 6.54 Å². The van der Waals surface area contributed by atoms with Crippen molar-refractivity contribution >= 4 is 5.84 Å². The number of nitrogens with one attached hydrogen (secondary N) is 1. The summed E-state index contributed by atoms with van der Waals surface area (Å²) < 4.78 is 0. The number of aliphatic imine (C=N–C) groups is 1. The lowest BCUT2D eigenvalue weighted by molar-refractivity contribution is 0.802. The van der Waals surface area contributed by atoms with Crippen molar-refractivity contribution in [1.82, 2.24) is 5.32 Å². The molecule has 1 N–H and O–H groups in total. The van der Waals surface area contributed by atoms with Crippen LogP contribution in [-0.2, 0) is 0 Å². The van der Waals surface area contributed by atoms with Crippen LogP contribution in [0.15, 0.2) is 29.4 Å². The Labute approximate surface area is 81.5 Å². The summed E-state index contributed by atoms with van der Waals surface area (Å²) in [7, 11) is 0. The fraction of sp³-hybridized carbons (Fsp3) is 0.545. The SMILES string of the molecule is C=CNC1=NCCC/C1=C/C.CC. The monoisotopic (exact) mass is 180 g/mol. The van der Waals surface area contributed by atoms with E-state index in [1.165, 1.54) is 12.0 Å². The van der Waals surface area contributed by atoms with Crippen molar-refractivity contribution < 1.29 is 0 Å². The first-order valence-electron chi connectivity index (χ1n) is 4.96. The van der Waals surface area contributed by atoms with E-state index in [1.807, 2.05) is 20.8 Å². The molecule has 1 aliphatic rings. The van der Waals surface area contributed by atoms with Crippen LogP contribution in [0.2, 0.25) is 0 Å².